The number of esters is 1. The Kier molecular flexibility index (Phi) is 4.80. The van der Waals surface area contributed by atoms with Crippen LogP contribution in [0.2, 0.25) is 0 Å². The maximum absolute atomic E-state index is 12.5. The summed E-state index contributed by atoms with van der Waals surface area (Å²) in [6.45, 7) is 6.07. The van der Waals surface area contributed by atoms with Crippen LogP contribution in [0, 0.1) is 20.8 Å². The second-order valence-electron chi connectivity index (χ2n) is 6.36. The number of amides is 1. The van der Waals surface area contributed by atoms with Crippen molar-refractivity contribution in [2.45, 2.75) is 27.2 Å². The van der Waals surface area contributed by atoms with E-state index in [1.54, 1.807) is 30.5 Å². The first-order chi connectivity index (χ1) is 12.4. The molecule has 0 radical (unpaired) electrons. The minimum absolute atomic E-state index is 0.159. The summed E-state index contributed by atoms with van der Waals surface area (Å²) in [5.74, 6) is -0.710. The first-order valence-electron chi connectivity index (χ1n) is 8.36. The van der Waals surface area contributed by atoms with Gasteiger partial charge in [0.1, 0.15) is 5.58 Å². The number of hydrogen-bond donors (Lipinski definition) is 1. The minimum atomic E-state index is -0.489. The fourth-order valence-corrected chi connectivity index (χ4v) is 3.16. The van der Waals surface area contributed by atoms with Crippen molar-refractivity contribution in [1.82, 2.24) is 0 Å². The van der Waals surface area contributed by atoms with Crippen LogP contribution in [0.3, 0.4) is 0 Å². The maximum Gasteiger partial charge on any atom is 0.339 e. The predicted octanol–water partition coefficient (Wildman–Crippen LogP) is 4.33. The maximum atomic E-state index is 12.5. The number of carbonyl (C=O) groups excluding carboxylic acids is 2. The Balaban J connectivity index is 1.87. The van der Waals surface area contributed by atoms with E-state index in [0.717, 1.165) is 33.2 Å². The van der Waals surface area contributed by atoms with Crippen LogP contribution in [-0.2, 0) is 16.0 Å². The Morgan fingerprint density at radius 2 is 1.85 bits per heavy atom. The summed E-state index contributed by atoms with van der Waals surface area (Å²) in [4.78, 5) is 24.4. The van der Waals surface area contributed by atoms with Gasteiger partial charge in [0.2, 0.25) is 5.91 Å². The number of para-hydroxylation sites is 1. The molecule has 1 N–H and O–H groups in total. The number of hydrogen-bond acceptors (Lipinski definition) is 4. The van der Waals surface area contributed by atoms with Gasteiger partial charge in [0, 0.05) is 10.9 Å². The molecular formula is C21H21NO4. The molecule has 3 aromatic rings. The van der Waals surface area contributed by atoms with Gasteiger partial charge in [-0.25, -0.2) is 4.79 Å². The minimum Gasteiger partial charge on any atom is -0.465 e. The molecule has 0 fully saturated rings. The molecule has 3 rings (SSSR count). The van der Waals surface area contributed by atoms with Crippen molar-refractivity contribution < 1.29 is 18.7 Å². The lowest BCUT2D eigenvalue weighted by Crippen LogP contribution is -2.17. The van der Waals surface area contributed by atoms with Crippen LogP contribution in [0.15, 0.2) is 41.0 Å². The lowest BCUT2D eigenvalue weighted by atomic mass is 9.99. The quantitative estimate of drug-likeness (QED) is 0.711. The van der Waals surface area contributed by atoms with Crippen LogP contribution < -0.4 is 5.32 Å². The molecule has 0 atom stereocenters. The van der Waals surface area contributed by atoms with E-state index in [1.165, 1.54) is 7.11 Å². The molecule has 0 saturated carbocycles. The average molecular weight is 351 g/mol. The highest BCUT2D eigenvalue weighted by molar-refractivity contribution is 6.02. The number of benzene rings is 2. The summed E-state index contributed by atoms with van der Waals surface area (Å²) in [7, 11) is 1.31. The van der Waals surface area contributed by atoms with Gasteiger partial charge in [-0.2, -0.15) is 0 Å². The Labute approximate surface area is 152 Å². The molecule has 1 aromatic heterocycles. The van der Waals surface area contributed by atoms with Gasteiger partial charge < -0.3 is 14.5 Å². The molecule has 5 heteroatoms. The Bertz CT molecular complexity index is 1000. The number of fused-ring (bicyclic) bond motifs is 1. The lowest BCUT2D eigenvalue weighted by Gasteiger charge is -2.10. The fraction of sp³-hybridized carbons (Fsp3) is 0.238. The Morgan fingerprint density at radius 1 is 1.12 bits per heavy atom. The Hall–Kier alpha value is -3.08. The van der Waals surface area contributed by atoms with Crippen molar-refractivity contribution >= 4 is 28.5 Å². The zero-order valence-electron chi connectivity index (χ0n) is 15.3. The van der Waals surface area contributed by atoms with Gasteiger partial charge in [-0.15, -0.1) is 0 Å². The van der Waals surface area contributed by atoms with Crippen LogP contribution in [0.25, 0.3) is 11.0 Å². The summed E-state index contributed by atoms with van der Waals surface area (Å²) >= 11 is 0. The van der Waals surface area contributed by atoms with Gasteiger partial charge in [-0.3, -0.25) is 4.79 Å². The predicted molar refractivity (Wildman–Crippen MR) is 101 cm³/mol. The van der Waals surface area contributed by atoms with Crippen molar-refractivity contribution in [3.05, 3.63) is 64.4 Å². The monoisotopic (exact) mass is 351 g/mol. The van der Waals surface area contributed by atoms with Crippen molar-refractivity contribution in [3.8, 4) is 0 Å². The van der Waals surface area contributed by atoms with E-state index >= 15 is 0 Å². The number of nitrogens with one attached hydrogen (secondary N) is 1. The van der Waals surface area contributed by atoms with Gasteiger partial charge in [0.05, 0.1) is 31.0 Å². The van der Waals surface area contributed by atoms with E-state index in [2.05, 4.69) is 11.4 Å². The normalized spacial score (nSPS) is 10.8. The largest absolute Gasteiger partial charge is 0.465 e. The SMILES string of the molecule is COC(=O)c1ccccc1NC(=O)Cc1coc2c(C)c(C)cc(C)c12. The van der Waals surface area contributed by atoms with Crippen LogP contribution in [0.4, 0.5) is 5.69 Å². The van der Waals surface area contributed by atoms with Crippen LogP contribution in [0.5, 0.6) is 0 Å². The van der Waals surface area contributed by atoms with Gasteiger partial charge in [-0.05, 0) is 49.6 Å². The number of carbonyl (C=O) groups is 2. The zero-order valence-corrected chi connectivity index (χ0v) is 15.3. The van der Waals surface area contributed by atoms with Gasteiger partial charge in [0.15, 0.2) is 0 Å². The first kappa shape index (κ1) is 17.7. The van der Waals surface area contributed by atoms with E-state index in [4.69, 9.17) is 9.15 Å². The molecule has 5 nitrogen and oxygen atoms in total. The standard InChI is InChI=1S/C21H21NO4/c1-12-9-13(2)19-15(11-26-20(19)14(12)3)10-18(23)22-17-8-6-5-7-16(17)21(24)25-4/h5-9,11H,10H2,1-4H3,(H,22,23). The summed E-state index contributed by atoms with van der Waals surface area (Å²) in [6, 6.07) is 8.87. The molecule has 0 bridgehead atoms. The molecule has 0 aliphatic heterocycles. The second-order valence-corrected chi connectivity index (χ2v) is 6.36. The van der Waals surface area contributed by atoms with E-state index < -0.39 is 5.97 Å². The van der Waals surface area contributed by atoms with Gasteiger partial charge >= 0.3 is 5.97 Å². The highest BCUT2D eigenvalue weighted by Gasteiger charge is 2.17. The third-order valence-corrected chi connectivity index (χ3v) is 4.58. The zero-order chi connectivity index (χ0) is 18.8. The molecule has 1 heterocycles. The molecule has 2 aromatic carbocycles. The van der Waals surface area contributed by atoms with Crippen LogP contribution >= 0.6 is 0 Å². The van der Waals surface area contributed by atoms with Crippen molar-refractivity contribution in [2.75, 3.05) is 12.4 Å². The van der Waals surface area contributed by atoms with Crippen molar-refractivity contribution in [3.63, 3.8) is 0 Å². The number of anilines is 1. The molecule has 0 unspecified atom stereocenters. The number of furan rings is 1. The van der Waals surface area contributed by atoms with E-state index in [9.17, 15) is 9.59 Å². The number of aryl methyl sites for hydroxylation is 3. The molecule has 0 saturated heterocycles. The molecular weight excluding hydrogens is 330 g/mol. The molecule has 134 valence electrons. The van der Waals surface area contributed by atoms with E-state index in [0.29, 0.717) is 11.3 Å². The summed E-state index contributed by atoms with van der Waals surface area (Å²) in [6.07, 6.45) is 1.79. The molecule has 0 spiro atoms. The lowest BCUT2D eigenvalue weighted by molar-refractivity contribution is -0.115. The summed E-state index contributed by atoms with van der Waals surface area (Å²) < 4.78 is 10.5. The smallest absolute Gasteiger partial charge is 0.339 e. The second kappa shape index (κ2) is 7.04. The third kappa shape index (κ3) is 3.20. The summed E-state index contributed by atoms with van der Waals surface area (Å²) in [5, 5.41) is 3.77. The average Bonchev–Trinajstić information content (AvgIpc) is 3.03. The number of rotatable bonds is 4. The highest BCUT2D eigenvalue weighted by Crippen LogP contribution is 2.30. The molecule has 0 aliphatic carbocycles. The van der Waals surface area contributed by atoms with Crippen molar-refractivity contribution in [1.29, 1.82) is 0 Å². The molecule has 0 aliphatic rings. The molecule has 26 heavy (non-hydrogen) atoms. The Morgan fingerprint density at radius 3 is 2.58 bits per heavy atom. The third-order valence-electron chi connectivity index (χ3n) is 4.58. The first-order valence-corrected chi connectivity index (χ1v) is 8.36. The molecule has 1 amide bonds. The van der Waals surface area contributed by atoms with Crippen LogP contribution in [-0.4, -0.2) is 19.0 Å². The summed E-state index contributed by atoms with van der Waals surface area (Å²) in [5.41, 5.74) is 5.72. The number of methoxy groups -OCH3 is 1. The van der Waals surface area contributed by atoms with E-state index in [1.807, 2.05) is 20.8 Å². The number of ether oxygens (including phenoxy) is 1. The fourth-order valence-electron chi connectivity index (χ4n) is 3.16. The topological polar surface area (TPSA) is 68.5 Å². The van der Waals surface area contributed by atoms with Gasteiger partial charge in [0.25, 0.3) is 0 Å². The van der Waals surface area contributed by atoms with Crippen LogP contribution in [0.1, 0.15) is 32.6 Å². The van der Waals surface area contributed by atoms with Crippen molar-refractivity contribution in [2.24, 2.45) is 0 Å². The highest BCUT2D eigenvalue weighted by atomic mass is 16.5. The van der Waals surface area contributed by atoms with Gasteiger partial charge in [-0.1, -0.05) is 18.2 Å². The van der Waals surface area contributed by atoms with E-state index in [-0.39, 0.29) is 12.3 Å².